The van der Waals surface area contributed by atoms with Crippen LogP contribution in [0.1, 0.15) is 30.4 Å². The number of aliphatic hydroxyl groups is 1. The molecule has 2 fully saturated rings. The van der Waals surface area contributed by atoms with Gasteiger partial charge in [-0.1, -0.05) is 6.07 Å². The van der Waals surface area contributed by atoms with Crippen LogP contribution in [0.3, 0.4) is 0 Å². The van der Waals surface area contributed by atoms with Crippen molar-refractivity contribution in [2.75, 3.05) is 34.8 Å². The summed E-state index contributed by atoms with van der Waals surface area (Å²) in [6.07, 6.45) is 3.00. The monoisotopic (exact) mass is 357 g/mol. The Hall–Kier alpha value is -1.79. The minimum Gasteiger partial charge on any atom is -0.493 e. The van der Waals surface area contributed by atoms with E-state index in [2.05, 4.69) is 18.0 Å². The second-order valence-corrected chi connectivity index (χ2v) is 8.41. The Morgan fingerprint density at radius 3 is 2.88 bits per heavy atom. The van der Waals surface area contributed by atoms with E-state index in [0.717, 1.165) is 49.4 Å². The lowest BCUT2D eigenvalue weighted by Crippen LogP contribution is -2.76. The molecule has 4 atom stereocenters. The van der Waals surface area contributed by atoms with Gasteiger partial charge in [0.1, 0.15) is 0 Å². The Kier molecular flexibility index (Phi) is 3.24. The van der Waals surface area contributed by atoms with Gasteiger partial charge in [0.2, 0.25) is 0 Å². The molecular weight excluding hydrogens is 330 g/mol. The number of methoxy groups -OCH3 is 1. The number of piperidine rings is 1. The van der Waals surface area contributed by atoms with E-state index in [-0.39, 0.29) is 12.1 Å². The minimum atomic E-state index is -0.791. The lowest BCUT2D eigenvalue weighted by Gasteiger charge is -2.62. The van der Waals surface area contributed by atoms with E-state index in [9.17, 15) is 5.11 Å². The van der Waals surface area contributed by atoms with Gasteiger partial charge in [-0.3, -0.25) is 0 Å². The summed E-state index contributed by atoms with van der Waals surface area (Å²) in [5.74, 6) is 1.58. The molecule has 1 saturated carbocycles. The summed E-state index contributed by atoms with van der Waals surface area (Å²) in [4.78, 5) is 2.33. The largest absolute Gasteiger partial charge is 0.493 e. The SMILES string of the molecule is COc1ccc2c3c1O[C@H]1/C(=N/N(C)C)CC[C@@]4(O)[C@@H](C2)N(C)CC[C@]314. The third-order valence-corrected chi connectivity index (χ3v) is 7.08. The molecule has 0 radical (unpaired) electrons. The van der Waals surface area contributed by atoms with Crippen molar-refractivity contribution in [1.82, 2.24) is 9.91 Å². The molecule has 1 N–H and O–H groups in total. The molecule has 0 aromatic heterocycles. The van der Waals surface area contributed by atoms with Gasteiger partial charge in [-0.25, -0.2) is 0 Å². The van der Waals surface area contributed by atoms with Crippen LogP contribution in [0.4, 0.5) is 0 Å². The van der Waals surface area contributed by atoms with Crippen molar-refractivity contribution < 1.29 is 14.6 Å². The average Bonchev–Trinajstić information content (AvgIpc) is 2.95. The first-order valence-electron chi connectivity index (χ1n) is 9.46. The second kappa shape index (κ2) is 5.14. The molecule has 140 valence electrons. The quantitative estimate of drug-likeness (QED) is 0.811. The fourth-order valence-corrected chi connectivity index (χ4v) is 6.06. The minimum absolute atomic E-state index is 0.120. The van der Waals surface area contributed by atoms with Crippen LogP contribution in [0.15, 0.2) is 17.2 Å². The highest BCUT2D eigenvalue weighted by Crippen LogP contribution is 2.64. The van der Waals surface area contributed by atoms with Crippen LogP contribution < -0.4 is 9.47 Å². The van der Waals surface area contributed by atoms with Crippen molar-refractivity contribution >= 4 is 5.71 Å². The molecule has 1 aromatic carbocycles. The van der Waals surface area contributed by atoms with Crippen molar-refractivity contribution in [1.29, 1.82) is 0 Å². The molecule has 2 aliphatic carbocycles. The molecular formula is C20H27N3O3. The van der Waals surface area contributed by atoms with Gasteiger partial charge in [0.15, 0.2) is 17.6 Å². The van der Waals surface area contributed by atoms with E-state index in [4.69, 9.17) is 14.6 Å². The number of likely N-dealkylation sites (N-methyl/N-ethyl adjacent to an activating group) is 1. The van der Waals surface area contributed by atoms with Crippen LogP contribution >= 0.6 is 0 Å². The molecule has 1 spiro atoms. The number of hydrogen-bond acceptors (Lipinski definition) is 6. The summed E-state index contributed by atoms with van der Waals surface area (Å²) in [7, 11) is 7.71. The first-order valence-corrected chi connectivity index (χ1v) is 9.46. The third kappa shape index (κ3) is 1.72. The molecule has 2 heterocycles. The maximum absolute atomic E-state index is 12.1. The van der Waals surface area contributed by atoms with Crippen molar-refractivity contribution in [2.24, 2.45) is 5.10 Å². The van der Waals surface area contributed by atoms with Gasteiger partial charge in [0.05, 0.1) is 23.8 Å². The molecule has 0 amide bonds. The van der Waals surface area contributed by atoms with Crippen molar-refractivity contribution in [3.05, 3.63) is 23.3 Å². The first-order chi connectivity index (χ1) is 12.4. The van der Waals surface area contributed by atoms with E-state index in [1.165, 1.54) is 11.1 Å². The van der Waals surface area contributed by atoms with Gasteiger partial charge in [0, 0.05) is 25.7 Å². The van der Waals surface area contributed by atoms with E-state index in [1.807, 2.05) is 25.2 Å². The van der Waals surface area contributed by atoms with E-state index >= 15 is 0 Å². The molecule has 1 saturated heterocycles. The zero-order valence-corrected chi connectivity index (χ0v) is 16.0. The number of hydrogen-bond donors (Lipinski definition) is 1. The highest BCUT2D eigenvalue weighted by atomic mass is 16.5. The summed E-state index contributed by atoms with van der Waals surface area (Å²) < 4.78 is 12.2. The van der Waals surface area contributed by atoms with Crippen LogP contribution in [-0.4, -0.2) is 73.3 Å². The number of hydrazone groups is 1. The Morgan fingerprint density at radius 1 is 1.35 bits per heavy atom. The summed E-state index contributed by atoms with van der Waals surface area (Å²) >= 11 is 0. The number of rotatable bonds is 2. The molecule has 1 aromatic rings. The molecule has 0 unspecified atom stereocenters. The first kappa shape index (κ1) is 16.4. The highest BCUT2D eigenvalue weighted by molar-refractivity contribution is 5.94. The van der Waals surface area contributed by atoms with Crippen LogP contribution in [0.5, 0.6) is 11.5 Å². The summed E-state index contributed by atoms with van der Waals surface area (Å²) in [5.41, 5.74) is 2.29. The van der Waals surface area contributed by atoms with Crippen molar-refractivity contribution in [3.63, 3.8) is 0 Å². The smallest absolute Gasteiger partial charge is 0.166 e. The Labute approximate surface area is 154 Å². The van der Waals surface area contributed by atoms with Gasteiger partial charge in [-0.05, 0) is 50.9 Å². The lowest BCUT2D eigenvalue weighted by atomic mass is 9.49. The van der Waals surface area contributed by atoms with E-state index in [1.54, 1.807) is 7.11 Å². The zero-order valence-electron chi connectivity index (χ0n) is 16.0. The predicted octanol–water partition coefficient (Wildman–Crippen LogP) is 1.40. The van der Waals surface area contributed by atoms with Crippen molar-refractivity contribution in [3.8, 4) is 11.5 Å². The average molecular weight is 357 g/mol. The molecule has 2 aliphatic heterocycles. The Balaban J connectivity index is 1.80. The molecule has 26 heavy (non-hydrogen) atoms. The molecule has 4 aliphatic rings. The van der Waals surface area contributed by atoms with Gasteiger partial charge in [0.25, 0.3) is 0 Å². The summed E-state index contributed by atoms with van der Waals surface area (Å²) in [5, 5.41) is 18.7. The summed E-state index contributed by atoms with van der Waals surface area (Å²) in [6, 6.07) is 4.29. The normalized spacial score (nSPS) is 38.7. The second-order valence-electron chi connectivity index (χ2n) is 8.41. The van der Waals surface area contributed by atoms with Gasteiger partial charge in [-0.2, -0.15) is 5.10 Å². The van der Waals surface area contributed by atoms with E-state index in [0.29, 0.717) is 0 Å². The number of nitrogens with zero attached hydrogens (tertiary/aromatic N) is 3. The Bertz CT molecular complexity index is 808. The maximum Gasteiger partial charge on any atom is 0.166 e. The highest BCUT2D eigenvalue weighted by Gasteiger charge is 2.72. The molecule has 5 rings (SSSR count). The van der Waals surface area contributed by atoms with Crippen molar-refractivity contribution in [2.45, 2.75) is 48.8 Å². The van der Waals surface area contributed by atoms with Crippen LogP contribution in [0.2, 0.25) is 0 Å². The predicted molar refractivity (Wildman–Crippen MR) is 99.1 cm³/mol. The fourth-order valence-electron chi connectivity index (χ4n) is 6.06. The third-order valence-electron chi connectivity index (χ3n) is 7.08. The lowest BCUT2D eigenvalue weighted by molar-refractivity contribution is -0.160. The standard InChI is InChI=1S/C20H27N3O3/c1-22(2)21-13-7-8-20(24)15-11-12-5-6-14(25-4)17-16(12)19(20,18(13)26-17)9-10-23(15)3/h5-6,15,18,24H,7-11H2,1-4H3/b21-13+/t15-,18+,19+,20-/m1/s1. The van der Waals surface area contributed by atoms with Gasteiger partial charge in [-0.15, -0.1) is 0 Å². The summed E-state index contributed by atoms with van der Waals surface area (Å²) in [6.45, 7) is 0.957. The van der Waals surface area contributed by atoms with E-state index < -0.39 is 11.0 Å². The maximum atomic E-state index is 12.1. The Morgan fingerprint density at radius 2 is 2.15 bits per heavy atom. The van der Waals surface area contributed by atoms with Crippen LogP contribution in [0, 0.1) is 0 Å². The molecule has 6 heteroatoms. The fraction of sp³-hybridized carbons (Fsp3) is 0.650. The van der Waals surface area contributed by atoms with Gasteiger partial charge >= 0.3 is 0 Å². The molecule has 2 bridgehead atoms. The number of benzene rings is 1. The van der Waals surface area contributed by atoms with Crippen LogP contribution in [-0.2, 0) is 11.8 Å². The molecule has 6 nitrogen and oxygen atoms in total. The number of ether oxygens (including phenoxy) is 2. The van der Waals surface area contributed by atoms with Gasteiger partial charge < -0.3 is 24.5 Å². The number of likely N-dealkylation sites (tertiary alicyclic amines) is 1. The zero-order chi connectivity index (χ0) is 18.3. The topological polar surface area (TPSA) is 57.5 Å². The van der Waals surface area contributed by atoms with Crippen LogP contribution in [0.25, 0.3) is 0 Å².